The van der Waals surface area contributed by atoms with Gasteiger partial charge >= 0.3 is 6.18 Å². The monoisotopic (exact) mass is 285 g/mol. The van der Waals surface area contributed by atoms with Gasteiger partial charge in [-0.25, -0.2) is 4.39 Å². The number of aliphatic hydroxyl groups excluding tert-OH is 1. The van der Waals surface area contributed by atoms with Crippen molar-refractivity contribution in [1.29, 1.82) is 0 Å². The molecule has 102 valence electrons. The van der Waals surface area contributed by atoms with E-state index in [-0.39, 0.29) is 25.0 Å². The summed E-state index contributed by atoms with van der Waals surface area (Å²) in [5.41, 5.74) is 4.26. The van der Waals surface area contributed by atoms with Gasteiger partial charge < -0.3 is 10.8 Å². The van der Waals surface area contributed by atoms with E-state index < -0.39 is 28.6 Å². The van der Waals surface area contributed by atoms with Crippen LogP contribution < -0.4 is 5.73 Å². The fourth-order valence-electron chi connectivity index (χ4n) is 1.51. The lowest BCUT2D eigenvalue weighted by molar-refractivity contribution is -0.137. The lowest BCUT2D eigenvalue weighted by Gasteiger charge is -2.16. The van der Waals surface area contributed by atoms with Crippen LogP contribution in [0.3, 0.4) is 0 Å². The van der Waals surface area contributed by atoms with Crippen LogP contribution in [0.5, 0.6) is 0 Å². The smallest absolute Gasteiger partial charge is 0.396 e. The Morgan fingerprint density at radius 2 is 1.94 bits per heavy atom. The van der Waals surface area contributed by atoms with Crippen molar-refractivity contribution >= 4 is 11.6 Å². The van der Waals surface area contributed by atoms with Gasteiger partial charge in [0.1, 0.15) is 5.82 Å². The number of halogens is 5. The van der Waals surface area contributed by atoms with Gasteiger partial charge in [-0.15, -0.1) is 0 Å². The Morgan fingerprint density at radius 1 is 1.33 bits per heavy atom. The second kappa shape index (κ2) is 5.86. The topological polar surface area (TPSA) is 46.2 Å². The van der Waals surface area contributed by atoms with Gasteiger partial charge in [-0.2, -0.15) is 13.2 Å². The predicted octanol–water partition coefficient (Wildman–Crippen LogP) is 3.27. The normalized spacial score (nSPS) is 13.7. The molecule has 0 bridgehead atoms. The Bertz CT molecular complexity index is 422. The second-order valence-corrected chi connectivity index (χ2v) is 4.24. The molecular formula is C11H12ClF4NO. The van der Waals surface area contributed by atoms with E-state index >= 15 is 0 Å². The molecule has 2 nitrogen and oxygen atoms in total. The van der Waals surface area contributed by atoms with Crippen molar-refractivity contribution in [1.82, 2.24) is 0 Å². The Labute approximate surface area is 106 Å². The van der Waals surface area contributed by atoms with Gasteiger partial charge in [-0.1, -0.05) is 11.6 Å². The molecular weight excluding hydrogens is 274 g/mol. The van der Waals surface area contributed by atoms with Gasteiger partial charge in [0.15, 0.2) is 0 Å². The maximum absolute atomic E-state index is 13.6. The first-order chi connectivity index (χ1) is 8.27. The third kappa shape index (κ3) is 3.57. The maximum Gasteiger partial charge on any atom is 0.416 e. The number of rotatable bonds is 4. The molecule has 1 rings (SSSR count). The largest absolute Gasteiger partial charge is 0.416 e. The molecule has 7 heteroatoms. The highest BCUT2D eigenvalue weighted by molar-refractivity contribution is 6.30. The third-order valence-corrected chi connectivity index (χ3v) is 2.73. The number of nitrogens with two attached hydrogens (primary N) is 1. The second-order valence-electron chi connectivity index (χ2n) is 3.83. The van der Waals surface area contributed by atoms with Gasteiger partial charge in [-0.3, -0.25) is 0 Å². The number of benzene rings is 1. The van der Waals surface area contributed by atoms with Crippen LogP contribution in [-0.4, -0.2) is 11.7 Å². The van der Waals surface area contributed by atoms with Gasteiger partial charge in [0.05, 0.1) is 10.6 Å². The summed E-state index contributed by atoms with van der Waals surface area (Å²) in [5, 5.41) is 8.00. The zero-order valence-corrected chi connectivity index (χ0v) is 10.0. The molecule has 0 aliphatic heterocycles. The van der Waals surface area contributed by atoms with Crippen LogP contribution in [0.1, 0.15) is 30.0 Å². The van der Waals surface area contributed by atoms with E-state index in [9.17, 15) is 17.6 Å². The first kappa shape index (κ1) is 15.2. The molecule has 18 heavy (non-hydrogen) atoms. The molecule has 0 spiro atoms. The van der Waals surface area contributed by atoms with Gasteiger partial charge in [0.2, 0.25) is 0 Å². The summed E-state index contributed by atoms with van der Waals surface area (Å²) in [5.74, 6) is -0.949. The van der Waals surface area contributed by atoms with Crippen molar-refractivity contribution in [3.63, 3.8) is 0 Å². The molecule has 0 unspecified atom stereocenters. The van der Waals surface area contributed by atoms with E-state index in [0.29, 0.717) is 12.1 Å². The molecule has 0 aliphatic rings. The Hall–Kier alpha value is -0.850. The van der Waals surface area contributed by atoms with E-state index in [0.717, 1.165) is 0 Å². The summed E-state index contributed by atoms with van der Waals surface area (Å²) in [7, 11) is 0. The summed E-state index contributed by atoms with van der Waals surface area (Å²) in [4.78, 5) is 0. The average molecular weight is 286 g/mol. The number of aliphatic hydroxyl groups is 1. The van der Waals surface area contributed by atoms with E-state index in [1.807, 2.05) is 0 Å². The number of alkyl halides is 3. The van der Waals surface area contributed by atoms with Crippen LogP contribution in [0, 0.1) is 5.82 Å². The lowest BCUT2D eigenvalue weighted by atomic mass is 10.00. The van der Waals surface area contributed by atoms with Crippen LogP contribution in [0.2, 0.25) is 5.02 Å². The molecule has 0 saturated carbocycles. The summed E-state index contributed by atoms with van der Waals surface area (Å²) in [6, 6.07) is 0.250. The highest BCUT2D eigenvalue weighted by Crippen LogP contribution is 2.35. The van der Waals surface area contributed by atoms with Crippen molar-refractivity contribution in [2.24, 2.45) is 5.73 Å². The van der Waals surface area contributed by atoms with Crippen molar-refractivity contribution in [2.75, 3.05) is 6.61 Å². The number of hydrogen-bond acceptors (Lipinski definition) is 2. The van der Waals surface area contributed by atoms with Crippen molar-refractivity contribution in [3.8, 4) is 0 Å². The van der Waals surface area contributed by atoms with E-state index in [1.54, 1.807) is 0 Å². The predicted molar refractivity (Wildman–Crippen MR) is 59.7 cm³/mol. The Balaban J connectivity index is 3.14. The molecule has 1 aromatic rings. The summed E-state index contributed by atoms with van der Waals surface area (Å²) in [6.45, 7) is -0.165. The van der Waals surface area contributed by atoms with Crippen LogP contribution >= 0.6 is 11.6 Å². The van der Waals surface area contributed by atoms with E-state index in [2.05, 4.69) is 0 Å². The van der Waals surface area contributed by atoms with Gasteiger partial charge in [-0.05, 0) is 25.0 Å². The van der Waals surface area contributed by atoms with E-state index in [1.165, 1.54) is 0 Å². The van der Waals surface area contributed by atoms with Gasteiger partial charge in [0, 0.05) is 18.2 Å². The summed E-state index contributed by atoms with van der Waals surface area (Å²) >= 11 is 5.42. The molecule has 1 aromatic carbocycles. The Morgan fingerprint density at radius 3 is 2.44 bits per heavy atom. The minimum Gasteiger partial charge on any atom is -0.396 e. The molecule has 0 amide bonds. The molecule has 0 saturated heterocycles. The molecule has 3 N–H and O–H groups in total. The standard InChI is InChI=1S/C11H12ClF4NO/c12-8-5-6(11(14,15)16)4-7(10(8)13)9(17)2-1-3-18/h4-5,9,18H,1-3,17H2/t9-/m0/s1. The average Bonchev–Trinajstić information content (AvgIpc) is 2.27. The third-order valence-electron chi connectivity index (χ3n) is 2.46. The molecule has 0 aromatic heterocycles. The fraction of sp³-hybridized carbons (Fsp3) is 0.455. The van der Waals surface area contributed by atoms with Crippen molar-refractivity contribution < 1.29 is 22.7 Å². The first-order valence-electron chi connectivity index (χ1n) is 5.20. The van der Waals surface area contributed by atoms with Crippen LogP contribution in [0.4, 0.5) is 17.6 Å². The first-order valence-corrected chi connectivity index (χ1v) is 5.57. The quantitative estimate of drug-likeness (QED) is 0.834. The Kier molecular flexibility index (Phi) is 4.95. The summed E-state index contributed by atoms with van der Waals surface area (Å²) in [6.07, 6.45) is -4.16. The van der Waals surface area contributed by atoms with Crippen LogP contribution in [0.25, 0.3) is 0 Å². The molecule has 0 aliphatic carbocycles. The number of hydrogen-bond donors (Lipinski definition) is 2. The molecule has 0 radical (unpaired) electrons. The van der Waals surface area contributed by atoms with Crippen LogP contribution in [0.15, 0.2) is 12.1 Å². The lowest BCUT2D eigenvalue weighted by Crippen LogP contribution is -2.15. The molecule has 1 atom stereocenters. The van der Waals surface area contributed by atoms with Crippen molar-refractivity contribution in [2.45, 2.75) is 25.1 Å². The van der Waals surface area contributed by atoms with Crippen molar-refractivity contribution in [3.05, 3.63) is 34.1 Å². The SMILES string of the molecule is N[C@@H](CCCO)c1cc(C(F)(F)F)cc(Cl)c1F. The zero-order chi connectivity index (χ0) is 13.9. The van der Waals surface area contributed by atoms with E-state index in [4.69, 9.17) is 22.4 Å². The van der Waals surface area contributed by atoms with Gasteiger partial charge in [0.25, 0.3) is 0 Å². The van der Waals surface area contributed by atoms with Crippen LogP contribution in [-0.2, 0) is 6.18 Å². The molecule has 0 heterocycles. The molecule has 0 fully saturated rings. The maximum atomic E-state index is 13.6. The summed E-state index contributed by atoms with van der Waals surface area (Å²) < 4.78 is 51.2. The highest BCUT2D eigenvalue weighted by atomic mass is 35.5. The fourth-order valence-corrected chi connectivity index (χ4v) is 1.74. The highest BCUT2D eigenvalue weighted by Gasteiger charge is 2.32. The zero-order valence-electron chi connectivity index (χ0n) is 9.27. The minimum atomic E-state index is -4.61. The minimum absolute atomic E-state index is 0.165.